The number of non-ortho nitro benzene ring substituents is 1. The Bertz CT molecular complexity index is 750. The summed E-state index contributed by atoms with van der Waals surface area (Å²) in [4.78, 5) is 22.1. The average Bonchev–Trinajstić information content (AvgIpc) is 2.68. The zero-order valence-electron chi connectivity index (χ0n) is 14.5. The van der Waals surface area contributed by atoms with Crippen LogP contribution in [0.5, 0.6) is 5.75 Å². The highest BCUT2D eigenvalue weighted by Gasteiger charge is 2.15. The second-order valence-electron chi connectivity index (χ2n) is 6.54. The lowest BCUT2D eigenvalue weighted by Crippen LogP contribution is -2.20. The van der Waals surface area contributed by atoms with Crippen LogP contribution >= 0.6 is 0 Å². The first-order valence-electron chi connectivity index (χ1n) is 8.89. The lowest BCUT2D eigenvalue weighted by atomic mass is 9.84. The first-order chi connectivity index (χ1) is 12.6. The van der Waals surface area contributed by atoms with E-state index in [9.17, 15) is 14.9 Å². The molecule has 0 atom stereocenters. The zero-order chi connectivity index (χ0) is 18.4. The van der Waals surface area contributed by atoms with Crippen LogP contribution in [0.15, 0.2) is 48.5 Å². The quantitative estimate of drug-likeness (QED) is 0.604. The van der Waals surface area contributed by atoms with E-state index in [-0.39, 0.29) is 18.2 Å². The Labute approximate surface area is 152 Å². The number of carbonyl (C=O) groups is 1. The normalized spacial score (nSPS) is 14.6. The number of hydrogen-bond donors (Lipinski definition) is 1. The van der Waals surface area contributed by atoms with E-state index < -0.39 is 4.92 Å². The van der Waals surface area contributed by atoms with Gasteiger partial charge in [-0.1, -0.05) is 31.4 Å². The fourth-order valence-corrected chi connectivity index (χ4v) is 3.28. The molecule has 0 spiro atoms. The van der Waals surface area contributed by atoms with E-state index in [4.69, 9.17) is 4.74 Å². The van der Waals surface area contributed by atoms with Crippen LogP contribution in [-0.2, 0) is 4.79 Å². The second kappa shape index (κ2) is 8.47. The third-order valence-electron chi connectivity index (χ3n) is 4.69. The van der Waals surface area contributed by atoms with Crippen molar-refractivity contribution in [1.82, 2.24) is 0 Å². The Hall–Kier alpha value is -2.89. The van der Waals surface area contributed by atoms with Crippen molar-refractivity contribution in [2.75, 3.05) is 11.9 Å². The fraction of sp³-hybridized carbons (Fsp3) is 0.350. The van der Waals surface area contributed by atoms with Crippen LogP contribution in [0.25, 0.3) is 0 Å². The van der Waals surface area contributed by atoms with Gasteiger partial charge in [-0.05, 0) is 48.6 Å². The van der Waals surface area contributed by atoms with E-state index >= 15 is 0 Å². The maximum absolute atomic E-state index is 11.9. The van der Waals surface area contributed by atoms with Gasteiger partial charge < -0.3 is 10.1 Å². The monoisotopic (exact) mass is 354 g/mol. The maximum atomic E-state index is 11.9. The van der Waals surface area contributed by atoms with Crippen molar-refractivity contribution in [2.24, 2.45) is 0 Å². The minimum atomic E-state index is -0.480. The largest absolute Gasteiger partial charge is 0.484 e. The van der Waals surface area contributed by atoms with Gasteiger partial charge in [-0.2, -0.15) is 0 Å². The first-order valence-corrected chi connectivity index (χ1v) is 8.89. The van der Waals surface area contributed by atoms with E-state index in [1.54, 1.807) is 0 Å². The molecule has 2 aromatic rings. The lowest BCUT2D eigenvalue weighted by molar-refractivity contribution is -0.384. The summed E-state index contributed by atoms with van der Waals surface area (Å²) in [6.45, 7) is -0.111. The number of ether oxygens (including phenoxy) is 1. The van der Waals surface area contributed by atoms with Crippen LogP contribution in [-0.4, -0.2) is 17.4 Å². The minimum absolute atomic E-state index is 0.0164. The summed E-state index contributed by atoms with van der Waals surface area (Å²) >= 11 is 0. The highest BCUT2D eigenvalue weighted by atomic mass is 16.6. The SMILES string of the molecule is O=C(COc1ccc(C2CCCCC2)cc1)Nc1ccc([N+](=O)[O-])cc1. The molecule has 0 aromatic heterocycles. The van der Waals surface area contributed by atoms with Crippen LogP contribution in [0, 0.1) is 10.1 Å². The highest BCUT2D eigenvalue weighted by molar-refractivity contribution is 5.91. The molecular formula is C20H22N2O4. The summed E-state index contributed by atoms with van der Waals surface area (Å²) in [5.41, 5.74) is 1.82. The van der Waals surface area contributed by atoms with Crippen molar-refractivity contribution in [2.45, 2.75) is 38.0 Å². The lowest BCUT2D eigenvalue weighted by Gasteiger charge is -2.22. The number of nitro benzene ring substituents is 1. The maximum Gasteiger partial charge on any atom is 0.269 e. The summed E-state index contributed by atoms with van der Waals surface area (Å²) in [6, 6.07) is 13.7. The third kappa shape index (κ3) is 4.81. The van der Waals surface area contributed by atoms with Gasteiger partial charge in [0.1, 0.15) is 5.75 Å². The Morgan fingerprint density at radius 3 is 2.31 bits per heavy atom. The molecule has 1 amide bonds. The van der Waals surface area contributed by atoms with Gasteiger partial charge in [-0.15, -0.1) is 0 Å². The molecule has 6 nitrogen and oxygen atoms in total. The molecule has 0 radical (unpaired) electrons. The molecule has 0 aliphatic heterocycles. The molecule has 6 heteroatoms. The summed E-state index contributed by atoms with van der Waals surface area (Å²) in [7, 11) is 0. The molecule has 1 aliphatic rings. The van der Waals surface area contributed by atoms with Gasteiger partial charge >= 0.3 is 0 Å². The summed E-state index contributed by atoms with van der Waals surface area (Å²) in [5.74, 6) is 0.988. The molecular weight excluding hydrogens is 332 g/mol. The topological polar surface area (TPSA) is 81.5 Å². The molecule has 26 heavy (non-hydrogen) atoms. The number of nitrogens with zero attached hydrogens (tertiary/aromatic N) is 1. The van der Waals surface area contributed by atoms with Gasteiger partial charge in [0.2, 0.25) is 0 Å². The number of hydrogen-bond acceptors (Lipinski definition) is 4. The molecule has 1 saturated carbocycles. The highest BCUT2D eigenvalue weighted by Crippen LogP contribution is 2.33. The summed E-state index contributed by atoms with van der Waals surface area (Å²) in [6.07, 6.45) is 6.43. The summed E-state index contributed by atoms with van der Waals surface area (Å²) < 4.78 is 5.52. The molecule has 1 N–H and O–H groups in total. The van der Waals surface area contributed by atoms with Gasteiger partial charge in [0.25, 0.3) is 11.6 Å². The van der Waals surface area contributed by atoms with E-state index in [2.05, 4.69) is 17.4 Å². The zero-order valence-corrected chi connectivity index (χ0v) is 14.5. The Morgan fingerprint density at radius 1 is 1.04 bits per heavy atom. The number of benzene rings is 2. The fourth-order valence-electron chi connectivity index (χ4n) is 3.28. The molecule has 0 heterocycles. The second-order valence-corrected chi connectivity index (χ2v) is 6.54. The van der Waals surface area contributed by atoms with Crippen molar-refractivity contribution in [3.63, 3.8) is 0 Å². The molecule has 3 rings (SSSR count). The average molecular weight is 354 g/mol. The third-order valence-corrected chi connectivity index (χ3v) is 4.69. The van der Waals surface area contributed by atoms with Crippen LogP contribution in [0.3, 0.4) is 0 Å². The van der Waals surface area contributed by atoms with Gasteiger partial charge in [0.15, 0.2) is 6.61 Å². The van der Waals surface area contributed by atoms with Gasteiger partial charge in [-0.3, -0.25) is 14.9 Å². The van der Waals surface area contributed by atoms with Crippen LogP contribution in [0.4, 0.5) is 11.4 Å². The summed E-state index contributed by atoms with van der Waals surface area (Å²) in [5, 5.41) is 13.3. The van der Waals surface area contributed by atoms with E-state index in [0.717, 1.165) is 0 Å². The molecule has 0 unspecified atom stereocenters. The van der Waals surface area contributed by atoms with Crippen molar-refractivity contribution in [1.29, 1.82) is 0 Å². The number of anilines is 1. The van der Waals surface area contributed by atoms with Crippen molar-refractivity contribution >= 4 is 17.3 Å². The van der Waals surface area contributed by atoms with E-state index in [1.807, 2.05) is 12.1 Å². The van der Waals surface area contributed by atoms with E-state index in [0.29, 0.717) is 17.4 Å². The molecule has 0 saturated heterocycles. The Kier molecular flexibility index (Phi) is 5.84. The van der Waals surface area contributed by atoms with Crippen LogP contribution < -0.4 is 10.1 Å². The van der Waals surface area contributed by atoms with E-state index in [1.165, 1.54) is 61.9 Å². The number of carbonyl (C=O) groups excluding carboxylic acids is 1. The van der Waals surface area contributed by atoms with Crippen molar-refractivity contribution in [3.8, 4) is 5.75 Å². The Balaban J connectivity index is 1.48. The molecule has 136 valence electrons. The number of rotatable bonds is 6. The molecule has 2 aromatic carbocycles. The standard InChI is InChI=1S/C20H22N2O4/c23-20(21-17-8-10-18(11-9-17)22(24)25)14-26-19-12-6-16(7-13-19)15-4-2-1-3-5-15/h6-13,15H,1-5,14H2,(H,21,23). The van der Waals surface area contributed by atoms with Crippen molar-refractivity contribution in [3.05, 3.63) is 64.2 Å². The molecule has 1 fully saturated rings. The minimum Gasteiger partial charge on any atom is -0.484 e. The predicted molar refractivity (Wildman–Crippen MR) is 99.5 cm³/mol. The smallest absolute Gasteiger partial charge is 0.269 e. The van der Waals surface area contributed by atoms with Gasteiger partial charge in [0, 0.05) is 17.8 Å². The first kappa shape index (κ1) is 17.9. The predicted octanol–water partition coefficient (Wildman–Crippen LogP) is 4.66. The number of nitro groups is 1. The van der Waals surface area contributed by atoms with Crippen LogP contribution in [0.2, 0.25) is 0 Å². The molecule has 1 aliphatic carbocycles. The molecule has 0 bridgehead atoms. The Morgan fingerprint density at radius 2 is 1.69 bits per heavy atom. The van der Waals surface area contributed by atoms with Gasteiger partial charge in [-0.25, -0.2) is 0 Å². The number of nitrogens with one attached hydrogen (secondary N) is 1. The van der Waals surface area contributed by atoms with Gasteiger partial charge in [0.05, 0.1) is 4.92 Å². The van der Waals surface area contributed by atoms with Crippen molar-refractivity contribution < 1.29 is 14.5 Å². The number of amides is 1. The van der Waals surface area contributed by atoms with Crippen LogP contribution in [0.1, 0.15) is 43.6 Å².